The van der Waals surface area contributed by atoms with E-state index in [0.717, 1.165) is 18.9 Å². The van der Waals surface area contributed by atoms with Crippen LogP contribution in [0.1, 0.15) is 39.5 Å². The maximum atomic E-state index is 5.91. The Labute approximate surface area is 121 Å². The molecule has 5 heteroatoms. The lowest BCUT2D eigenvalue weighted by Gasteiger charge is -2.37. The van der Waals surface area contributed by atoms with Gasteiger partial charge in [-0.2, -0.15) is 4.98 Å². The minimum Gasteiger partial charge on any atom is -0.475 e. The Kier molecular flexibility index (Phi) is 5.17. The second-order valence-electron chi connectivity index (χ2n) is 5.82. The van der Waals surface area contributed by atoms with Crippen molar-refractivity contribution in [1.82, 2.24) is 9.97 Å². The molecule has 1 aliphatic rings. The first kappa shape index (κ1) is 15.0. The van der Waals surface area contributed by atoms with Gasteiger partial charge in [-0.05, 0) is 39.2 Å². The van der Waals surface area contributed by atoms with Crippen LogP contribution in [-0.4, -0.2) is 35.7 Å². The van der Waals surface area contributed by atoms with Crippen LogP contribution in [0.15, 0.2) is 12.3 Å². The molecule has 1 aromatic rings. The molecule has 0 radical (unpaired) electrons. The number of hydrogen-bond donors (Lipinski definition) is 1. The van der Waals surface area contributed by atoms with Crippen molar-refractivity contribution in [2.45, 2.75) is 51.7 Å². The van der Waals surface area contributed by atoms with Crippen molar-refractivity contribution in [1.29, 1.82) is 0 Å². The van der Waals surface area contributed by atoms with Crippen LogP contribution < -0.4 is 15.4 Å². The monoisotopic (exact) mass is 278 g/mol. The maximum absolute atomic E-state index is 5.91. The smallest absolute Gasteiger partial charge is 0.228 e. The van der Waals surface area contributed by atoms with Crippen LogP contribution in [0.2, 0.25) is 0 Å². The predicted octanol–water partition coefficient (Wildman–Crippen LogP) is 2.22. The molecule has 0 spiro atoms. The molecule has 2 rings (SSSR count). The van der Waals surface area contributed by atoms with E-state index in [1.807, 2.05) is 13.8 Å². The molecule has 0 aliphatic heterocycles. The number of ether oxygens (including phenoxy) is 1. The van der Waals surface area contributed by atoms with Gasteiger partial charge >= 0.3 is 0 Å². The van der Waals surface area contributed by atoms with Crippen LogP contribution in [0.4, 0.5) is 5.95 Å². The van der Waals surface area contributed by atoms with E-state index in [2.05, 4.69) is 21.9 Å². The summed E-state index contributed by atoms with van der Waals surface area (Å²) in [6, 6.07) is 2.24. The second kappa shape index (κ2) is 6.88. The van der Waals surface area contributed by atoms with E-state index < -0.39 is 0 Å². The molecule has 0 saturated heterocycles. The Balaban J connectivity index is 2.12. The van der Waals surface area contributed by atoms with Gasteiger partial charge in [0.05, 0.1) is 6.10 Å². The first-order valence-electron chi connectivity index (χ1n) is 7.54. The fourth-order valence-electron chi connectivity index (χ4n) is 2.93. The van der Waals surface area contributed by atoms with Crippen molar-refractivity contribution in [3.63, 3.8) is 0 Å². The van der Waals surface area contributed by atoms with Crippen LogP contribution in [0.5, 0.6) is 5.88 Å². The fourth-order valence-corrected chi connectivity index (χ4v) is 2.93. The summed E-state index contributed by atoms with van der Waals surface area (Å²) in [6.07, 6.45) is 6.79. The van der Waals surface area contributed by atoms with Crippen LogP contribution in [0.3, 0.4) is 0 Å². The van der Waals surface area contributed by atoms with Gasteiger partial charge in [0.1, 0.15) is 0 Å². The van der Waals surface area contributed by atoms with E-state index in [9.17, 15) is 0 Å². The lowest BCUT2D eigenvalue weighted by Crippen LogP contribution is -2.43. The first-order valence-corrected chi connectivity index (χ1v) is 7.54. The van der Waals surface area contributed by atoms with Crippen LogP contribution in [0, 0.1) is 5.92 Å². The average molecular weight is 278 g/mol. The van der Waals surface area contributed by atoms with E-state index in [4.69, 9.17) is 10.5 Å². The molecule has 5 nitrogen and oxygen atoms in total. The number of aromatic nitrogens is 2. The molecule has 2 unspecified atom stereocenters. The predicted molar refractivity (Wildman–Crippen MR) is 81.0 cm³/mol. The number of nitrogens with zero attached hydrogens (tertiary/aromatic N) is 3. The van der Waals surface area contributed by atoms with Gasteiger partial charge in [-0.1, -0.05) is 12.8 Å². The molecule has 1 aliphatic carbocycles. The molecule has 1 saturated carbocycles. The summed E-state index contributed by atoms with van der Waals surface area (Å²) in [7, 11) is 2.06. The minimum absolute atomic E-state index is 0.120. The molecule has 0 aromatic carbocycles. The van der Waals surface area contributed by atoms with Gasteiger partial charge in [0, 0.05) is 25.4 Å². The van der Waals surface area contributed by atoms with Gasteiger partial charge in [0.25, 0.3) is 0 Å². The van der Waals surface area contributed by atoms with Crippen LogP contribution in [-0.2, 0) is 0 Å². The highest BCUT2D eigenvalue weighted by atomic mass is 16.5. The standard InChI is InChI=1S/C15H26N4O/c1-11(2)20-14-8-9-17-15(18-14)19(3)13-7-5-4-6-12(13)10-16/h8-9,11-13H,4-7,10,16H2,1-3H3. The van der Waals surface area contributed by atoms with Gasteiger partial charge in [-0.25, -0.2) is 4.98 Å². The second-order valence-corrected chi connectivity index (χ2v) is 5.82. The summed E-state index contributed by atoms with van der Waals surface area (Å²) < 4.78 is 5.64. The van der Waals surface area contributed by atoms with E-state index in [1.165, 1.54) is 19.3 Å². The van der Waals surface area contributed by atoms with Crippen molar-refractivity contribution in [2.75, 3.05) is 18.5 Å². The highest BCUT2D eigenvalue weighted by molar-refractivity contribution is 5.33. The summed E-state index contributed by atoms with van der Waals surface area (Å²) in [5, 5.41) is 0. The zero-order valence-corrected chi connectivity index (χ0v) is 12.7. The molecular weight excluding hydrogens is 252 g/mol. The van der Waals surface area contributed by atoms with Gasteiger partial charge in [0.2, 0.25) is 11.8 Å². The zero-order chi connectivity index (χ0) is 14.5. The normalized spacial score (nSPS) is 22.9. The zero-order valence-electron chi connectivity index (χ0n) is 12.7. The fraction of sp³-hybridized carbons (Fsp3) is 0.733. The Morgan fingerprint density at radius 1 is 1.40 bits per heavy atom. The van der Waals surface area contributed by atoms with Crippen molar-refractivity contribution in [3.8, 4) is 5.88 Å². The van der Waals surface area contributed by atoms with E-state index in [-0.39, 0.29) is 6.10 Å². The van der Waals surface area contributed by atoms with Crippen molar-refractivity contribution in [3.05, 3.63) is 12.3 Å². The first-order chi connectivity index (χ1) is 9.61. The van der Waals surface area contributed by atoms with Crippen molar-refractivity contribution < 1.29 is 4.74 Å². The average Bonchev–Trinajstić information content (AvgIpc) is 2.46. The summed E-state index contributed by atoms with van der Waals surface area (Å²) >= 11 is 0. The number of rotatable bonds is 5. The van der Waals surface area contributed by atoms with Crippen molar-refractivity contribution in [2.24, 2.45) is 11.7 Å². The van der Waals surface area contributed by atoms with Crippen LogP contribution >= 0.6 is 0 Å². The Morgan fingerprint density at radius 3 is 2.85 bits per heavy atom. The molecule has 1 fully saturated rings. The lowest BCUT2D eigenvalue weighted by molar-refractivity contribution is 0.232. The number of anilines is 1. The molecule has 20 heavy (non-hydrogen) atoms. The maximum Gasteiger partial charge on any atom is 0.228 e. The Hall–Kier alpha value is -1.36. The van der Waals surface area contributed by atoms with Gasteiger partial charge < -0.3 is 15.4 Å². The van der Waals surface area contributed by atoms with Crippen molar-refractivity contribution >= 4 is 5.95 Å². The number of nitrogens with two attached hydrogens (primary N) is 1. The van der Waals surface area contributed by atoms with E-state index in [1.54, 1.807) is 12.3 Å². The molecular formula is C15H26N4O. The highest BCUT2D eigenvalue weighted by Gasteiger charge is 2.28. The molecule has 2 atom stereocenters. The van der Waals surface area contributed by atoms with E-state index >= 15 is 0 Å². The largest absolute Gasteiger partial charge is 0.475 e. The molecule has 112 valence electrons. The topological polar surface area (TPSA) is 64.3 Å². The molecule has 1 heterocycles. The minimum atomic E-state index is 0.120. The third kappa shape index (κ3) is 3.60. The third-order valence-corrected chi connectivity index (χ3v) is 3.96. The summed E-state index contributed by atoms with van der Waals surface area (Å²) in [5.41, 5.74) is 5.91. The SMILES string of the molecule is CC(C)Oc1ccnc(N(C)C2CCCCC2CN)n1. The van der Waals surface area contributed by atoms with Gasteiger partial charge in [-0.3, -0.25) is 0 Å². The molecule has 1 aromatic heterocycles. The number of hydrogen-bond acceptors (Lipinski definition) is 5. The molecule has 0 amide bonds. The Bertz CT molecular complexity index is 424. The summed E-state index contributed by atoms with van der Waals surface area (Å²) in [5.74, 6) is 1.90. The molecule has 2 N–H and O–H groups in total. The highest BCUT2D eigenvalue weighted by Crippen LogP contribution is 2.29. The van der Waals surface area contributed by atoms with E-state index in [0.29, 0.717) is 17.8 Å². The quantitative estimate of drug-likeness (QED) is 0.894. The third-order valence-electron chi connectivity index (χ3n) is 3.96. The van der Waals surface area contributed by atoms with Gasteiger partial charge in [-0.15, -0.1) is 0 Å². The summed E-state index contributed by atoms with van der Waals surface area (Å²) in [4.78, 5) is 11.1. The van der Waals surface area contributed by atoms with Gasteiger partial charge in [0.15, 0.2) is 0 Å². The lowest BCUT2D eigenvalue weighted by atomic mass is 9.84. The van der Waals surface area contributed by atoms with Crippen LogP contribution in [0.25, 0.3) is 0 Å². The summed E-state index contributed by atoms with van der Waals surface area (Å²) in [6.45, 7) is 4.73. The Morgan fingerprint density at radius 2 is 2.15 bits per heavy atom. The molecule has 0 bridgehead atoms.